The lowest BCUT2D eigenvalue weighted by Crippen LogP contribution is -1.97. The summed E-state index contributed by atoms with van der Waals surface area (Å²) in [6.07, 6.45) is 4.55. The van der Waals surface area contributed by atoms with Gasteiger partial charge in [0.15, 0.2) is 0 Å². The molecule has 0 nitrogen and oxygen atoms in total. The van der Waals surface area contributed by atoms with Gasteiger partial charge in [0.25, 0.3) is 0 Å². The van der Waals surface area contributed by atoms with Gasteiger partial charge >= 0.3 is 0 Å². The minimum absolute atomic E-state index is 0.907. The van der Waals surface area contributed by atoms with Crippen molar-refractivity contribution in [2.24, 2.45) is 23.2 Å². The molecule has 2 aliphatic rings. The van der Waals surface area contributed by atoms with Crippen molar-refractivity contribution in [2.75, 3.05) is 0 Å². The van der Waals surface area contributed by atoms with E-state index in [2.05, 4.69) is 20.8 Å². The summed E-state index contributed by atoms with van der Waals surface area (Å²) < 4.78 is 0. The zero-order valence-corrected chi connectivity index (χ0v) is 7.35. The summed E-state index contributed by atoms with van der Waals surface area (Å²) in [6, 6.07) is 0. The van der Waals surface area contributed by atoms with Gasteiger partial charge in [0, 0.05) is 0 Å². The summed E-state index contributed by atoms with van der Waals surface area (Å²) in [6.45, 7) is 7.09. The van der Waals surface area contributed by atoms with Gasteiger partial charge in [-0.05, 0) is 36.0 Å². The van der Waals surface area contributed by atoms with E-state index in [0.717, 1.165) is 17.3 Å². The van der Waals surface area contributed by atoms with Crippen molar-refractivity contribution in [3.8, 4) is 0 Å². The van der Waals surface area contributed by atoms with E-state index in [1.165, 1.54) is 18.8 Å². The molecule has 0 radical (unpaired) electrons. The molecule has 0 aromatic carbocycles. The summed E-state index contributed by atoms with van der Waals surface area (Å²) in [5.74, 6) is 3.20. The molecule has 2 saturated carbocycles. The molecule has 0 saturated heterocycles. The van der Waals surface area contributed by atoms with Crippen LogP contribution in [0.3, 0.4) is 0 Å². The Kier molecular flexibility index (Phi) is 1.19. The minimum Gasteiger partial charge on any atom is -0.0628 e. The molecule has 0 heteroatoms. The third kappa shape index (κ3) is 0.741. The van der Waals surface area contributed by atoms with Gasteiger partial charge in [-0.2, -0.15) is 0 Å². The van der Waals surface area contributed by atoms with E-state index in [4.69, 9.17) is 0 Å². The Morgan fingerprint density at radius 2 is 2.10 bits per heavy atom. The Balaban J connectivity index is 1.73. The zero-order valence-electron chi connectivity index (χ0n) is 7.35. The highest BCUT2D eigenvalue weighted by atomic mass is 14.8. The molecule has 3 atom stereocenters. The maximum atomic E-state index is 2.43. The summed E-state index contributed by atoms with van der Waals surface area (Å²) >= 11 is 0. The molecule has 2 fully saturated rings. The van der Waals surface area contributed by atoms with Crippen molar-refractivity contribution in [2.45, 2.75) is 40.0 Å². The molecule has 58 valence electrons. The van der Waals surface area contributed by atoms with E-state index in [-0.39, 0.29) is 0 Å². The average Bonchev–Trinajstić information content (AvgIpc) is 2.69. The van der Waals surface area contributed by atoms with Gasteiger partial charge in [0.05, 0.1) is 0 Å². The van der Waals surface area contributed by atoms with Crippen LogP contribution in [-0.4, -0.2) is 0 Å². The maximum Gasteiger partial charge on any atom is -0.0235 e. The van der Waals surface area contributed by atoms with Crippen LogP contribution in [0.2, 0.25) is 0 Å². The van der Waals surface area contributed by atoms with E-state index < -0.39 is 0 Å². The van der Waals surface area contributed by atoms with E-state index in [1.807, 2.05) is 0 Å². The zero-order chi connectivity index (χ0) is 7.35. The first-order chi connectivity index (χ1) is 4.67. The van der Waals surface area contributed by atoms with E-state index >= 15 is 0 Å². The highest BCUT2D eigenvalue weighted by Gasteiger charge is 2.74. The molecule has 0 aromatic rings. The van der Waals surface area contributed by atoms with Gasteiger partial charge in [-0.25, -0.2) is 0 Å². The van der Waals surface area contributed by atoms with Crippen molar-refractivity contribution in [3.63, 3.8) is 0 Å². The quantitative estimate of drug-likeness (QED) is 0.562. The molecule has 0 N–H and O–H groups in total. The second kappa shape index (κ2) is 1.78. The van der Waals surface area contributed by atoms with Crippen LogP contribution >= 0.6 is 0 Å². The molecule has 0 amide bonds. The molecule has 0 spiro atoms. The van der Waals surface area contributed by atoms with Gasteiger partial charge in [-0.3, -0.25) is 0 Å². The molecule has 3 unspecified atom stereocenters. The average molecular weight is 138 g/mol. The molecule has 10 heavy (non-hydrogen) atoms. The van der Waals surface area contributed by atoms with Crippen LogP contribution in [0, 0.1) is 23.2 Å². The summed E-state index contributed by atoms with van der Waals surface area (Å²) in [4.78, 5) is 0. The standard InChI is InChI=1S/C10H18/c1-7(2)4-5-10-6-9(10)8(10)3/h7-9H,4-6H2,1-3H3. The number of rotatable bonds is 3. The molecular weight excluding hydrogens is 120 g/mol. The second-order valence-corrected chi connectivity index (χ2v) is 4.76. The smallest absolute Gasteiger partial charge is 0.0235 e. The lowest BCUT2D eigenvalue weighted by Gasteiger charge is -2.08. The number of hydrogen-bond donors (Lipinski definition) is 0. The fourth-order valence-electron chi connectivity index (χ4n) is 2.43. The highest BCUT2D eigenvalue weighted by molar-refractivity contribution is 5.23. The number of hydrogen-bond acceptors (Lipinski definition) is 0. The normalized spacial score (nSPS) is 49.2. The Morgan fingerprint density at radius 3 is 2.40 bits per heavy atom. The van der Waals surface area contributed by atoms with E-state index in [9.17, 15) is 0 Å². The van der Waals surface area contributed by atoms with E-state index in [0.29, 0.717) is 0 Å². The lowest BCUT2D eigenvalue weighted by atomic mass is 9.97. The predicted octanol–water partition coefficient (Wildman–Crippen LogP) is 3.08. The van der Waals surface area contributed by atoms with Crippen molar-refractivity contribution >= 4 is 0 Å². The number of fused-ring (bicyclic) bond motifs is 1. The van der Waals surface area contributed by atoms with Crippen LogP contribution in [0.4, 0.5) is 0 Å². The third-order valence-corrected chi connectivity index (χ3v) is 3.77. The van der Waals surface area contributed by atoms with Gasteiger partial charge in [-0.1, -0.05) is 27.2 Å². The molecule has 0 bridgehead atoms. The van der Waals surface area contributed by atoms with Crippen LogP contribution in [-0.2, 0) is 0 Å². The Bertz CT molecular complexity index is 142. The van der Waals surface area contributed by atoms with Gasteiger partial charge < -0.3 is 0 Å². The Labute approximate surface area is 64.0 Å². The van der Waals surface area contributed by atoms with Crippen LogP contribution < -0.4 is 0 Å². The van der Waals surface area contributed by atoms with Gasteiger partial charge in [0.2, 0.25) is 0 Å². The fourth-order valence-corrected chi connectivity index (χ4v) is 2.43. The maximum absolute atomic E-state index is 2.43. The monoisotopic (exact) mass is 138 g/mol. The molecule has 2 rings (SSSR count). The van der Waals surface area contributed by atoms with Gasteiger partial charge in [0.1, 0.15) is 0 Å². The molecule has 2 aliphatic carbocycles. The van der Waals surface area contributed by atoms with Crippen LogP contribution in [0.25, 0.3) is 0 Å². The van der Waals surface area contributed by atoms with Crippen molar-refractivity contribution in [1.29, 1.82) is 0 Å². The summed E-state index contributed by atoms with van der Waals surface area (Å²) in [5, 5.41) is 0. The molecule has 0 aromatic heterocycles. The van der Waals surface area contributed by atoms with Crippen LogP contribution in [0.1, 0.15) is 40.0 Å². The molecular formula is C10H18. The van der Waals surface area contributed by atoms with Crippen molar-refractivity contribution < 1.29 is 0 Å². The van der Waals surface area contributed by atoms with Crippen molar-refractivity contribution in [1.82, 2.24) is 0 Å². The lowest BCUT2D eigenvalue weighted by molar-refractivity contribution is 0.428. The Morgan fingerprint density at radius 1 is 1.50 bits per heavy atom. The summed E-state index contributed by atoms with van der Waals surface area (Å²) in [5.41, 5.74) is 0.907. The fraction of sp³-hybridized carbons (Fsp3) is 1.00. The first kappa shape index (κ1) is 6.69. The first-order valence-corrected chi connectivity index (χ1v) is 4.67. The van der Waals surface area contributed by atoms with Crippen LogP contribution in [0.5, 0.6) is 0 Å². The first-order valence-electron chi connectivity index (χ1n) is 4.67. The predicted molar refractivity (Wildman–Crippen MR) is 43.8 cm³/mol. The topological polar surface area (TPSA) is 0 Å². The Hall–Kier alpha value is 0. The largest absolute Gasteiger partial charge is 0.0628 e. The third-order valence-electron chi connectivity index (χ3n) is 3.77. The minimum atomic E-state index is 0.907. The van der Waals surface area contributed by atoms with Gasteiger partial charge in [-0.15, -0.1) is 0 Å². The molecule has 0 heterocycles. The highest BCUT2D eigenvalue weighted by Crippen LogP contribution is 2.81. The van der Waals surface area contributed by atoms with E-state index in [1.54, 1.807) is 6.42 Å². The summed E-state index contributed by atoms with van der Waals surface area (Å²) in [7, 11) is 0. The van der Waals surface area contributed by atoms with Crippen LogP contribution in [0.15, 0.2) is 0 Å². The second-order valence-electron chi connectivity index (χ2n) is 4.76. The molecule has 0 aliphatic heterocycles. The van der Waals surface area contributed by atoms with Crippen molar-refractivity contribution in [3.05, 3.63) is 0 Å². The SMILES string of the molecule is CC(C)CCC12CC1C2C.